The van der Waals surface area contributed by atoms with E-state index in [1.165, 1.54) is 12.8 Å². The average molecular weight is 233 g/mol. The zero-order chi connectivity index (χ0) is 8.60. The first-order valence-corrected chi connectivity index (χ1v) is 5.17. The maximum absolute atomic E-state index is 5.80. The summed E-state index contributed by atoms with van der Waals surface area (Å²) in [5, 5.41) is 0. The van der Waals surface area contributed by atoms with Crippen molar-refractivity contribution in [2.75, 3.05) is 6.61 Å². The van der Waals surface area contributed by atoms with Gasteiger partial charge >= 0.3 is 0 Å². The number of halogens is 1. The molecule has 2 nitrogen and oxygen atoms in total. The molecule has 0 N–H and O–H groups in total. The molecule has 1 atom stereocenters. The van der Waals surface area contributed by atoms with Crippen LogP contribution < -0.4 is 0 Å². The van der Waals surface area contributed by atoms with Crippen LogP contribution in [-0.4, -0.2) is 18.5 Å². The summed E-state index contributed by atoms with van der Waals surface area (Å²) in [6, 6.07) is 0. The molecule has 0 aromatic rings. The molecule has 68 valence electrons. The summed E-state index contributed by atoms with van der Waals surface area (Å²) in [5.41, 5.74) is 0. The SMILES string of the molecule is C=C(Br)[C@H]1COC2(CCCC2)O1. The lowest BCUT2D eigenvalue weighted by Gasteiger charge is -2.21. The van der Waals surface area contributed by atoms with Crippen LogP contribution in [-0.2, 0) is 9.47 Å². The lowest BCUT2D eigenvalue weighted by Crippen LogP contribution is -2.26. The third-order valence-electron chi connectivity index (χ3n) is 2.57. The second kappa shape index (κ2) is 3.13. The molecule has 1 spiro atoms. The maximum atomic E-state index is 5.80. The van der Waals surface area contributed by atoms with Crippen molar-refractivity contribution in [2.45, 2.75) is 37.6 Å². The van der Waals surface area contributed by atoms with Crippen LogP contribution >= 0.6 is 15.9 Å². The Morgan fingerprint density at radius 1 is 1.42 bits per heavy atom. The summed E-state index contributed by atoms with van der Waals surface area (Å²) in [7, 11) is 0. The summed E-state index contributed by atoms with van der Waals surface area (Å²) in [6.07, 6.45) is 4.60. The van der Waals surface area contributed by atoms with Gasteiger partial charge in [0.2, 0.25) is 0 Å². The third-order valence-corrected chi connectivity index (χ3v) is 3.08. The van der Waals surface area contributed by atoms with E-state index in [1.807, 2.05) is 0 Å². The molecule has 0 aromatic carbocycles. The predicted octanol–water partition coefficient (Wildman–Crippen LogP) is 2.58. The largest absolute Gasteiger partial charge is 0.347 e. The van der Waals surface area contributed by atoms with Gasteiger partial charge in [0.1, 0.15) is 6.10 Å². The summed E-state index contributed by atoms with van der Waals surface area (Å²) < 4.78 is 12.4. The normalized spacial score (nSPS) is 32.9. The van der Waals surface area contributed by atoms with Gasteiger partial charge in [-0.15, -0.1) is 0 Å². The first-order valence-electron chi connectivity index (χ1n) is 4.38. The molecule has 1 aliphatic carbocycles. The minimum Gasteiger partial charge on any atom is -0.347 e. The Labute approximate surface area is 81.1 Å². The molecule has 0 radical (unpaired) electrons. The highest BCUT2D eigenvalue weighted by Crippen LogP contribution is 2.40. The van der Waals surface area contributed by atoms with Crippen LogP contribution in [0.15, 0.2) is 11.1 Å². The van der Waals surface area contributed by atoms with Gasteiger partial charge in [0.25, 0.3) is 0 Å². The quantitative estimate of drug-likeness (QED) is 0.693. The van der Waals surface area contributed by atoms with Crippen LogP contribution in [0.3, 0.4) is 0 Å². The maximum Gasteiger partial charge on any atom is 0.169 e. The predicted molar refractivity (Wildman–Crippen MR) is 50.1 cm³/mol. The van der Waals surface area contributed by atoms with Crippen LogP contribution in [0.25, 0.3) is 0 Å². The van der Waals surface area contributed by atoms with E-state index in [0.717, 1.165) is 17.3 Å². The Balaban J connectivity index is 2.01. The van der Waals surface area contributed by atoms with E-state index < -0.39 is 0 Å². The average Bonchev–Trinajstić information content (AvgIpc) is 2.62. The van der Waals surface area contributed by atoms with Gasteiger partial charge in [0.15, 0.2) is 5.79 Å². The van der Waals surface area contributed by atoms with Crippen LogP contribution in [0.4, 0.5) is 0 Å². The van der Waals surface area contributed by atoms with Crippen molar-refractivity contribution in [1.82, 2.24) is 0 Å². The van der Waals surface area contributed by atoms with Crippen molar-refractivity contribution < 1.29 is 9.47 Å². The molecule has 1 aliphatic heterocycles. The zero-order valence-electron chi connectivity index (χ0n) is 7.01. The van der Waals surface area contributed by atoms with E-state index in [2.05, 4.69) is 22.5 Å². The van der Waals surface area contributed by atoms with Gasteiger partial charge in [-0.3, -0.25) is 0 Å². The Kier molecular flexibility index (Phi) is 2.27. The van der Waals surface area contributed by atoms with Crippen molar-refractivity contribution >= 4 is 15.9 Å². The van der Waals surface area contributed by atoms with Crippen molar-refractivity contribution in [2.24, 2.45) is 0 Å². The molecule has 0 bridgehead atoms. The summed E-state index contributed by atoms with van der Waals surface area (Å²) in [5.74, 6) is -0.249. The fourth-order valence-electron chi connectivity index (χ4n) is 1.89. The molecular formula is C9H13BrO2. The number of hydrogen-bond donors (Lipinski definition) is 0. The molecule has 1 heterocycles. The lowest BCUT2D eigenvalue weighted by molar-refractivity contribution is -0.157. The van der Waals surface area contributed by atoms with Crippen LogP contribution in [0.5, 0.6) is 0 Å². The van der Waals surface area contributed by atoms with Gasteiger partial charge in [-0.25, -0.2) is 0 Å². The number of hydrogen-bond acceptors (Lipinski definition) is 2. The van der Waals surface area contributed by atoms with E-state index in [0.29, 0.717) is 6.61 Å². The van der Waals surface area contributed by atoms with E-state index in [4.69, 9.17) is 9.47 Å². The van der Waals surface area contributed by atoms with E-state index in [-0.39, 0.29) is 11.9 Å². The second-order valence-corrected chi connectivity index (χ2v) is 4.50. The molecule has 1 saturated carbocycles. The fraction of sp³-hybridized carbons (Fsp3) is 0.778. The minimum atomic E-state index is -0.249. The molecule has 0 unspecified atom stereocenters. The van der Waals surface area contributed by atoms with E-state index >= 15 is 0 Å². The molecule has 0 amide bonds. The summed E-state index contributed by atoms with van der Waals surface area (Å²) in [6.45, 7) is 4.46. The standard InChI is InChI=1S/C9H13BrO2/c1-7(10)8-6-11-9(12-8)4-2-3-5-9/h8H,1-6H2/t8-/m1/s1. The molecule has 2 rings (SSSR count). The van der Waals surface area contributed by atoms with Crippen molar-refractivity contribution in [3.05, 3.63) is 11.1 Å². The monoisotopic (exact) mass is 232 g/mol. The van der Waals surface area contributed by atoms with Crippen LogP contribution in [0.1, 0.15) is 25.7 Å². The fourth-order valence-corrected chi connectivity index (χ4v) is 2.11. The van der Waals surface area contributed by atoms with Gasteiger partial charge in [-0.2, -0.15) is 0 Å². The Morgan fingerprint density at radius 3 is 2.58 bits per heavy atom. The molecule has 12 heavy (non-hydrogen) atoms. The lowest BCUT2D eigenvalue weighted by atomic mass is 10.2. The highest BCUT2D eigenvalue weighted by Gasteiger charge is 2.43. The molecule has 0 aromatic heterocycles. The van der Waals surface area contributed by atoms with Gasteiger partial charge in [0, 0.05) is 17.3 Å². The Hall–Kier alpha value is 0.140. The first kappa shape index (κ1) is 8.73. The van der Waals surface area contributed by atoms with Gasteiger partial charge in [-0.05, 0) is 12.8 Å². The van der Waals surface area contributed by atoms with E-state index in [9.17, 15) is 0 Å². The third kappa shape index (κ3) is 1.45. The second-order valence-electron chi connectivity index (χ2n) is 3.48. The molecule has 3 heteroatoms. The molecule has 2 aliphatic rings. The summed E-state index contributed by atoms with van der Waals surface area (Å²) >= 11 is 3.33. The highest BCUT2D eigenvalue weighted by atomic mass is 79.9. The van der Waals surface area contributed by atoms with E-state index in [1.54, 1.807) is 0 Å². The number of rotatable bonds is 1. The van der Waals surface area contributed by atoms with Crippen molar-refractivity contribution in [3.63, 3.8) is 0 Å². The van der Waals surface area contributed by atoms with Gasteiger partial charge in [0.05, 0.1) is 6.61 Å². The Bertz CT molecular complexity index is 197. The molecular weight excluding hydrogens is 220 g/mol. The molecule has 1 saturated heterocycles. The minimum absolute atomic E-state index is 0.0584. The zero-order valence-corrected chi connectivity index (χ0v) is 8.60. The number of ether oxygens (including phenoxy) is 2. The summed E-state index contributed by atoms with van der Waals surface area (Å²) in [4.78, 5) is 0. The van der Waals surface area contributed by atoms with Crippen LogP contribution in [0, 0.1) is 0 Å². The van der Waals surface area contributed by atoms with Crippen LogP contribution in [0.2, 0.25) is 0 Å². The Morgan fingerprint density at radius 2 is 2.08 bits per heavy atom. The van der Waals surface area contributed by atoms with Gasteiger partial charge < -0.3 is 9.47 Å². The molecule has 2 fully saturated rings. The first-order chi connectivity index (χ1) is 5.72. The van der Waals surface area contributed by atoms with Crippen molar-refractivity contribution in [1.29, 1.82) is 0 Å². The topological polar surface area (TPSA) is 18.5 Å². The van der Waals surface area contributed by atoms with Gasteiger partial charge in [-0.1, -0.05) is 22.5 Å². The van der Waals surface area contributed by atoms with Crippen molar-refractivity contribution in [3.8, 4) is 0 Å². The smallest absolute Gasteiger partial charge is 0.169 e. The highest BCUT2D eigenvalue weighted by molar-refractivity contribution is 9.11.